The molecule has 0 spiro atoms. The Hall–Kier alpha value is -2.93. The van der Waals surface area contributed by atoms with Crippen LogP contribution < -0.4 is 4.74 Å². The molecule has 0 N–H and O–H groups in total. The number of benzene rings is 1. The minimum atomic E-state index is -1.01. The summed E-state index contributed by atoms with van der Waals surface area (Å²) < 4.78 is 37.6. The van der Waals surface area contributed by atoms with Crippen molar-refractivity contribution >= 4 is 0 Å². The van der Waals surface area contributed by atoms with Gasteiger partial charge in [-0.05, 0) is 31.0 Å². The van der Waals surface area contributed by atoms with Crippen LogP contribution in [0.3, 0.4) is 0 Å². The summed E-state index contributed by atoms with van der Waals surface area (Å²) in [6.45, 7) is 5.48. The summed E-state index contributed by atoms with van der Waals surface area (Å²) in [7, 11) is 0. The molecule has 0 saturated heterocycles. The average Bonchev–Trinajstić information content (AvgIpc) is 2.73. The Morgan fingerprint density at radius 3 is 2.38 bits per heavy atom. The lowest BCUT2D eigenvalue weighted by Gasteiger charge is -2.37. The van der Waals surface area contributed by atoms with Crippen LogP contribution in [0.25, 0.3) is 11.1 Å². The van der Waals surface area contributed by atoms with Crippen molar-refractivity contribution in [3.05, 3.63) is 72.3 Å². The van der Waals surface area contributed by atoms with Gasteiger partial charge in [-0.1, -0.05) is 19.9 Å². The van der Waals surface area contributed by atoms with Gasteiger partial charge in [-0.2, -0.15) is 0 Å². The minimum absolute atomic E-state index is 0.0423. The van der Waals surface area contributed by atoms with Gasteiger partial charge in [0, 0.05) is 48.0 Å². The van der Waals surface area contributed by atoms with E-state index >= 15 is 0 Å². The first-order valence-corrected chi connectivity index (χ1v) is 9.37. The Morgan fingerprint density at radius 1 is 1.07 bits per heavy atom. The highest BCUT2D eigenvalue weighted by atomic mass is 19.1. The van der Waals surface area contributed by atoms with Crippen molar-refractivity contribution in [3.63, 3.8) is 0 Å². The van der Waals surface area contributed by atoms with Gasteiger partial charge >= 0.3 is 0 Å². The lowest BCUT2D eigenvalue weighted by Crippen LogP contribution is -2.38. The van der Waals surface area contributed by atoms with E-state index in [-0.39, 0.29) is 11.7 Å². The Bertz CT molecular complexity index is 937. The van der Waals surface area contributed by atoms with Gasteiger partial charge in [-0.3, -0.25) is 4.98 Å². The van der Waals surface area contributed by atoms with E-state index in [1.807, 2.05) is 26.8 Å². The number of halogens is 2. The highest BCUT2D eigenvalue weighted by Gasteiger charge is 2.40. The van der Waals surface area contributed by atoms with E-state index in [9.17, 15) is 8.78 Å². The fourth-order valence-electron chi connectivity index (χ4n) is 3.48. The van der Waals surface area contributed by atoms with Crippen LogP contribution in [0.1, 0.15) is 32.0 Å². The van der Waals surface area contributed by atoms with Gasteiger partial charge < -0.3 is 9.47 Å². The van der Waals surface area contributed by atoms with E-state index in [4.69, 9.17) is 9.47 Å². The SMILES string of the molecule is CCOC(c1cncnc1)(c1ccc(-c2ccc(OCF)cc2F)cn1)C(C)C. The van der Waals surface area contributed by atoms with Gasteiger partial charge in [-0.25, -0.2) is 18.7 Å². The molecule has 0 amide bonds. The molecule has 1 aromatic carbocycles. The number of aromatic nitrogens is 3. The molecule has 0 saturated carbocycles. The lowest BCUT2D eigenvalue weighted by atomic mass is 9.81. The van der Waals surface area contributed by atoms with Crippen molar-refractivity contribution in [3.8, 4) is 16.9 Å². The van der Waals surface area contributed by atoms with Crippen molar-refractivity contribution in [2.24, 2.45) is 5.92 Å². The van der Waals surface area contributed by atoms with Crippen LogP contribution >= 0.6 is 0 Å². The van der Waals surface area contributed by atoms with E-state index in [0.29, 0.717) is 23.4 Å². The molecule has 2 aromatic heterocycles. The largest absolute Gasteiger partial charge is 0.463 e. The monoisotopic (exact) mass is 399 g/mol. The second kappa shape index (κ2) is 9.05. The first-order chi connectivity index (χ1) is 14.0. The maximum Gasteiger partial charge on any atom is 0.228 e. The molecule has 3 rings (SSSR count). The second-order valence-electron chi connectivity index (χ2n) is 6.78. The molecule has 3 aromatic rings. The third kappa shape index (κ3) is 4.10. The van der Waals surface area contributed by atoms with Crippen LogP contribution in [-0.4, -0.2) is 28.4 Å². The van der Waals surface area contributed by atoms with Crippen molar-refractivity contribution < 1.29 is 18.3 Å². The molecular weight excluding hydrogens is 376 g/mol. The van der Waals surface area contributed by atoms with Crippen LogP contribution in [-0.2, 0) is 10.3 Å². The zero-order chi connectivity index (χ0) is 20.9. The molecule has 152 valence electrons. The Morgan fingerprint density at radius 2 is 1.83 bits per heavy atom. The molecular formula is C22H23F2N3O2. The summed E-state index contributed by atoms with van der Waals surface area (Å²) in [6, 6.07) is 7.83. The quantitative estimate of drug-likeness (QED) is 0.538. The van der Waals surface area contributed by atoms with E-state index in [1.54, 1.807) is 30.7 Å². The summed E-state index contributed by atoms with van der Waals surface area (Å²) in [5, 5.41) is 0. The molecule has 0 bridgehead atoms. The number of hydrogen-bond donors (Lipinski definition) is 0. The summed E-state index contributed by atoms with van der Waals surface area (Å²) in [6.07, 6.45) is 6.52. The van der Waals surface area contributed by atoms with E-state index < -0.39 is 18.3 Å². The number of hydrogen-bond acceptors (Lipinski definition) is 5. The Balaban J connectivity index is 2.03. The molecule has 0 radical (unpaired) electrons. The molecule has 1 unspecified atom stereocenters. The summed E-state index contributed by atoms with van der Waals surface area (Å²) in [4.78, 5) is 12.9. The fraction of sp³-hybridized carbons (Fsp3) is 0.318. The molecule has 2 heterocycles. The van der Waals surface area contributed by atoms with E-state index in [2.05, 4.69) is 15.0 Å². The third-order valence-corrected chi connectivity index (χ3v) is 4.79. The maximum absolute atomic E-state index is 14.4. The average molecular weight is 399 g/mol. The summed E-state index contributed by atoms with van der Waals surface area (Å²) in [5.41, 5.74) is 1.61. The smallest absolute Gasteiger partial charge is 0.228 e. The zero-order valence-electron chi connectivity index (χ0n) is 16.6. The van der Waals surface area contributed by atoms with Crippen LogP contribution in [0.5, 0.6) is 5.75 Å². The van der Waals surface area contributed by atoms with Crippen LogP contribution in [0.2, 0.25) is 0 Å². The normalized spacial score (nSPS) is 13.3. The second-order valence-corrected chi connectivity index (χ2v) is 6.78. The van der Waals surface area contributed by atoms with Gasteiger partial charge in [0.1, 0.15) is 23.5 Å². The molecule has 29 heavy (non-hydrogen) atoms. The summed E-state index contributed by atoms with van der Waals surface area (Å²) in [5.74, 6) is -0.333. The van der Waals surface area contributed by atoms with Crippen molar-refractivity contribution in [1.82, 2.24) is 15.0 Å². The lowest BCUT2D eigenvalue weighted by molar-refractivity contribution is -0.0495. The zero-order valence-corrected chi connectivity index (χ0v) is 16.6. The van der Waals surface area contributed by atoms with E-state index in [0.717, 1.165) is 11.6 Å². The number of alkyl halides is 1. The first-order valence-electron chi connectivity index (χ1n) is 9.37. The molecule has 0 aliphatic heterocycles. The van der Waals surface area contributed by atoms with Crippen LogP contribution in [0, 0.1) is 11.7 Å². The van der Waals surface area contributed by atoms with Crippen molar-refractivity contribution in [2.75, 3.05) is 13.5 Å². The standard InChI is InChI=1S/C22H23F2N3O2/c1-4-29-22(15(2)3,17-11-25-14-26-12-17)21-8-5-16(10-27-21)19-7-6-18(28-13-23)9-20(19)24/h5-12,14-15H,4,13H2,1-3H3. The molecule has 0 aliphatic rings. The molecule has 1 atom stereocenters. The predicted octanol–water partition coefficient (Wildman–Crippen LogP) is 4.92. The number of pyridine rings is 1. The predicted molar refractivity (Wildman–Crippen MR) is 106 cm³/mol. The maximum atomic E-state index is 14.4. The van der Waals surface area contributed by atoms with Crippen molar-refractivity contribution in [1.29, 1.82) is 0 Å². The van der Waals surface area contributed by atoms with E-state index in [1.165, 1.54) is 12.4 Å². The van der Waals surface area contributed by atoms with Gasteiger partial charge in [0.25, 0.3) is 0 Å². The first kappa shape index (κ1) is 20.8. The molecule has 0 aliphatic carbocycles. The minimum Gasteiger partial charge on any atom is -0.463 e. The van der Waals surface area contributed by atoms with Gasteiger partial charge in [0.05, 0.1) is 5.69 Å². The summed E-state index contributed by atoms with van der Waals surface area (Å²) >= 11 is 0. The van der Waals surface area contributed by atoms with Crippen LogP contribution in [0.4, 0.5) is 8.78 Å². The number of rotatable bonds is 8. The highest BCUT2D eigenvalue weighted by molar-refractivity contribution is 5.64. The molecule has 0 fully saturated rings. The topological polar surface area (TPSA) is 57.1 Å². The Labute approximate surface area is 168 Å². The number of nitrogens with zero attached hydrogens (tertiary/aromatic N) is 3. The molecule has 7 heteroatoms. The number of ether oxygens (including phenoxy) is 2. The van der Waals surface area contributed by atoms with Gasteiger partial charge in [-0.15, -0.1) is 0 Å². The highest BCUT2D eigenvalue weighted by Crippen LogP contribution is 2.39. The fourth-order valence-corrected chi connectivity index (χ4v) is 3.48. The third-order valence-electron chi connectivity index (χ3n) is 4.79. The Kier molecular flexibility index (Phi) is 6.49. The van der Waals surface area contributed by atoms with Gasteiger partial charge in [0.2, 0.25) is 6.86 Å². The van der Waals surface area contributed by atoms with Crippen molar-refractivity contribution in [2.45, 2.75) is 26.4 Å². The van der Waals surface area contributed by atoms with Crippen LogP contribution in [0.15, 0.2) is 55.2 Å². The molecule has 5 nitrogen and oxygen atoms in total. The van der Waals surface area contributed by atoms with Gasteiger partial charge in [0.15, 0.2) is 0 Å².